The van der Waals surface area contributed by atoms with Gasteiger partial charge in [-0.1, -0.05) is 48.5 Å². The zero-order valence-corrected chi connectivity index (χ0v) is 11.8. The van der Waals surface area contributed by atoms with Crippen molar-refractivity contribution in [3.05, 3.63) is 88.3 Å². The molecule has 0 spiro atoms. The summed E-state index contributed by atoms with van der Waals surface area (Å²) >= 11 is 0. The van der Waals surface area contributed by atoms with E-state index in [9.17, 15) is 9.90 Å². The number of phenolic OH excluding ortho intramolecular Hbond substituents is 1. The lowest BCUT2D eigenvalue weighted by atomic mass is 10.1. The number of phenols is 1. The summed E-state index contributed by atoms with van der Waals surface area (Å²) in [7, 11) is 0. The summed E-state index contributed by atoms with van der Waals surface area (Å²) in [6.07, 6.45) is 3.56. The van der Waals surface area contributed by atoms with E-state index in [0.29, 0.717) is 11.5 Å². The summed E-state index contributed by atoms with van der Waals surface area (Å²) in [6, 6.07) is 19.2. The molecule has 0 radical (unpaired) electrons. The van der Waals surface area contributed by atoms with Crippen LogP contribution in [-0.4, -0.2) is 5.11 Å². The fourth-order valence-corrected chi connectivity index (χ4v) is 2.09. The van der Waals surface area contributed by atoms with E-state index in [-0.39, 0.29) is 11.2 Å². The highest BCUT2D eigenvalue weighted by Crippen LogP contribution is 2.19. The molecule has 0 bridgehead atoms. The molecular weight excluding hydrogens is 276 g/mol. The van der Waals surface area contributed by atoms with Gasteiger partial charge in [0.15, 0.2) is 5.43 Å². The predicted molar refractivity (Wildman–Crippen MR) is 87.4 cm³/mol. The molecule has 0 aliphatic rings. The molecule has 0 saturated heterocycles. The van der Waals surface area contributed by atoms with Crippen molar-refractivity contribution in [2.24, 2.45) is 0 Å². The highest BCUT2D eigenvalue weighted by Gasteiger charge is 2.02. The van der Waals surface area contributed by atoms with Crippen LogP contribution in [0.1, 0.15) is 11.3 Å². The van der Waals surface area contributed by atoms with Gasteiger partial charge in [-0.05, 0) is 23.8 Å². The maximum atomic E-state index is 11.8. The largest absolute Gasteiger partial charge is 0.508 e. The normalized spacial score (nSPS) is 10.9. The monoisotopic (exact) mass is 290 g/mol. The van der Waals surface area contributed by atoms with Crippen molar-refractivity contribution in [3.63, 3.8) is 0 Å². The first-order valence-corrected chi connectivity index (χ1v) is 6.88. The first-order chi connectivity index (χ1) is 10.7. The van der Waals surface area contributed by atoms with Gasteiger partial charge in [0.05, 0.1) is 0 Å². The first-order valence-electron chi connectivity index (χ1n) is 6.88. The molecule has 1 aromatic heterocycles. The topological polar surface area (TPSA) is 50.4 Å². The molecule has 22 heavy (non-hydrogen) atoms. The third-order valence-corrected chi connectivity index (χ3v) is 3.18. The van der Waals surface area contributed by atoms with Crippen LogP contribution in [0.5, 0.6) is 5.75 Å². The Morgan fingerprint density at radius 2 is 1.59 bits per heavy atom. The quantitative estimate of drug-likeness (QED) is 0.787. The first kappa shape index (κ1) is 13.9. The lowest BCUT2D eigenvalue weighted by Crippen LogP contribution is -1.98. The lowest BCUT2D eigenvalue weighted by molar-refractivity contribution is 0.475. The van der Waals surface area contributed by atoms with Crippen molar-refractivity contribution in [1.82, 2.24) is 0 Å². The third-order valence-electron chi connectivity index (χ3n) is 3.18. The van der Waals surface area contributed by atoms with E-state index < -0.39 is 0 Å². The Hall–Kier alpha value is -3.07. The highest BCUT2D eigenvalue weighted by molar-refractivity contribution is 5.68. The van der Waals surface area contributed by atoms with Crippen LogP contribution in [0.3, 0.4) is 0 Å². The van der Waals surface area contributed by atoms with Gasteiger partial charge in [-0.3, -0.25) is 4.79 Å². The Bertz CT molecular complexity index is 844. The second-order valence-electron chi connectivity index (χ2n) is 4.85. The number of hydrogen-bond donors (Lipinski definition) is 1. The van der Waals surface area contributed by atoms with Crippen molar-refractivity contribution in [2.75, 3.05) is 0 Å². The van der Waals surface area contributed by atoms with Crippen molar-refractivity contribution in [3.8, 4) is 17.1 Å². The van der Waals surface area contributed by atoms with E-state index in [4.69, 9.17) is 4.42 Å². The minimum Gasteiger partial charge on any atom is -0.508 e. The molecule has 3 heteroatoms. The van der Waals surface area contributed by atoms with Crippen LogP contribution in [0, 0.1) is 0 Å². The molecule has 0 fully saturated rings. The fourth-order valence-electron chi connectivity index (χ4n) is 2.09. The van der Waals surface area contributed by atoms with Crippen LogP contribution in [0.2, 0.25) is 0 Å². The summed E-state index contributed by atoms with van der Waals surface area (Å²) in [6.45, 7) is 0. The van der Waals surface area contributed by atoms with Gasteiger partial charge in [-0.15, -0.1) is 0 Å². The van der Waals surface area contributed by atoms with Crippen LogP contribution >= 0.6 is 0 Å². The Kier molecular flexibility index (Phi) is 3.88. The van der Waals surface area contributed by atoms with Crippen LogP contribution < -0.4 is 5.43 Å². The average Bonchev–Trinajstić information content (AvgIpc) is 2.55. The summed E-state index contributed by atoms with van der Waals surface area (Å²) in [5.74, 6) is 1.24. The SMILES string of the molecule is O=c1cc(/C=C/c2ccc(O)cc2)oc(-c2ccccc2)c1. The molecule has 0 atom stereocenters. The molecule has 0 saturated carbocycles. The Balaban J connectivity index is 1.93. The molecule has 3 aromatic rings. The van der Waals surface area contributed by atoms with Gasteiger partial charge >= 0.3 is 0 Å². The molecule has 108 valence electrons. The zero-order chi connectivity index (χ0) is 15.4. The molecule has 0 aliphatic heterocycles. The molecule has 0 aliphatic carbocycles. The van der Waals surface area contributed by atoms with Crippen molar-refractivity contribution >= 4 is 12.2 Å². The van der Waals surface area contributed by atoms with Gasteiger partial charge in [-0.25, -0.2) is 0 Å². The van der Waals surface area contributed by atoms with E-state index >= 15 is 0 Å². The Labute approximate surface area is 127 Å². The van der Waals surface area contributed by atoms with E-state index in [1.807, 2.05) is 36.4 Å². The summed E-state index contributed by atoms with van der Waals surface area (Å²) < 4.78 is 5.75. The number of benzene rings is 2. The molecule has 1 N–H and O–H groups in total. The molecule has 3 rings (SSSR count). The standard InChI is InChI=1S/C19H14O3/c20-16-9-6-14(7-10-16)8-11-18-12-17(21)13-19(22-18)15-4-2-1-3-5-15/h1-13,20H/b11-8+. The van der Waals surface area contributed by atoms with E-state index in [0.717, 1.165) is 11.1 Å². The Morgan fingerprint density at radius 1 is 0.864 bits per heavy atom. The number of rotatable bonds is 3. The maximum absolute atomic E-state index is 11.8. The van der Waals surface area contributed by atoms with Crippen molar-refractivity contribution < 1.29 is 9.52 Å². The van der Waals surface area contributed by atoms with Gasteiger partial charge in [0.25, 0.3) is 0 Å². The highest BCUT2D eigenvalue weighted by atomic mass is 16.3. The molecule has 1 heterocycles. The molecule has 3 nitrogen and oxygen atoms in total. The van der Waals surface area contributed by atoms with Gasteiger partial charge in [0.1, 0.15) is 17.3 Å². The molecule has 2 aromatic carbocycles. The molecule has 0 unspecified atom stereocenters. The second kappa shape index (κ2) is 6.14. The van der Waals surface area contributed by atoms with Crippen LogP contribution in [0.15, 0.2) is 75.9 Å². The van der Waals surface area contributed by atoms with Crippen LogP contribution in [0.25, 0.3) is 23.5 Å². The maximum Gasteiger partial charge on any atom is 0.186 e. The van der Waals surface area contributed by atoms with E-state index in [1.165, 1.54) is 12.1 Å². The second-order valence-corrected chi connectivity index (χ2v) is 4.85. The van der Waals surface area contributed by atoms with Crippen LogP contribution in [0.4, 0.5) is 0 Å². The summed E-state index contributed by atoms with van der Waals surface area (Å²) in [4.78, 5) is 11.8. The third kappa shape index (κ3) is 3.33. The number of hydrogen-bond acceptors (Lipinski definition) is 3. The zero-order valence-electron chi connectivity index (χ0n) is 11.8. The summed E-state index contributed by atoms with van der Waals surface area (Å²) in [5.41, 5.74) is 1.67. The van der Waals surface area contributed by atoms with E-state index in [2.05, 4.69) is 0 Å². The van der Waals surface area contributed by atoms with Gasteiger partial charge in [0.2, 0.25) is 0 Å². The van der Waals surface area contributed by atoms with Gasteiger partial charge in [-0.2, -0.15) is 0 Å². The minimum absolute atomic E-state index is 0.101. The molecular formula is C19H14O3. The fraction of sp³-hybridized carbons (Fsp3) is 0. The minimum atomic E-state index is -0.101. The van der Waals surface area contributed by atoms with Crippen molar-refractivity contribution in [1.29, 1.82) is 0 Å². The summed E-state index contributed by atoms with van der Waals surface area (Å²) in [5, 5.41) is 9.26. The Morgan fingerprint density at radius 3 is 2.32 bits per heavy atom. The van der Waals surface area contributed by atoms with Crippen molar-refractivity contribution in [2.45, 2.75) is 0 Å². The number of aromatic hydroxyl groups is 1. The van der Waals surface area contributed by atoms with Crippen LogP contribution in [-0.2, 0) is 0 Å². The predicted octanol–water partition coefficient (Wildman–Crippen LogP) is 4.18. The lowest BCUT2D eigenvalue weighted by Gasteiger charge is -2.01. The van der Waals surface area contributed by atoms with E-state index in [1.54, 1.807) is 30.3 Å². The smallest absolute Gasteiger partial charge is 0.186 e. The van der Waals surface area contributed by atoms with Gasteiger partial charge in [0, 0.05) is 17.7 Å². The van der Waals surface area contributed by atoms with Gasteiger partial charge < -0.3 is 9.52 Å². The average molecular weight is 290 g/mol. The molecule has 0 amide bonds.